The Balaban J connectivity index is 1.48. The first kappa shape index (κ1) is 20.4. The summed E-state index contributed by atoms with van der Waals surface area (Å²) >= 11 is 0. The molecule has 27 heavy (non-hydrogen) atoms. The number of carbonyl (C=O) groups excluding carboxylic acids is 2. The van der Waals surface area contributed by atoms with Crippen LogP contribution in [0.3, 0.4) is 0 Å². The molecular formula is C21H37N3O3. The van der Waals surface area contributed by atoms with E-state index < -0.39 is 0 Å². The van der Waals surface area contributed by atoms with Gasteiger partial charge in [0.05, 0.1) is 13.1 Å². The molecule has 0 aromatic carbocycles. The lowest BCUT2D eigenvalue weighted by Gasteiger charge is -2.39. The van der Waals surface area contributed by atoms with E-state index in [1.54, 1.807) is 0 Å². The number of hydrogen-bond donors (Lipinski definition) is 0. The second kappa shape index (κ2) is 8.80. The Labute approximate surface area is 164 Å². The normalized spacial score (nSPS) is 26.1. The van der Waals surface area contributed by atoms with Crippen molar-refractivity contribution in [3.05, 3.63) is 0 Å². The highest BCUT2D eigenvalue weighted by atomic mass is 16.6. The molecule has 0 bridgehead atoms. The highest BCUT2D eigenvalue weighted by Gasteiger charge is 2.47. The lowest BCUT2D eigenvalue weighted by Crippen LogP contribution is -2.51. The minimum Gasteiger partial charge on any atom is -0.441 e. The molecule has 0 N–H and O–H groups in total. The second-order valence-corrected chi connectivity index (χ2v) is 8.98. The molecule has 3 aliphatic heterocycles. The Morgan fingerprint density at radius 1 is 1.22 bits per heavy atom. The van der Waals surface area contributed by atoms with Gasteiger partial charge in [-0.2, -0.15) is 0 Å². The molecule has 0 aromatic rings. The maximum Gasteiger partial charge on any atom is 0.410 e. The molecule has 6 heteroatoms. The van der Waals surface area contributed by atoms with E-state index in [9.17, 15) is 9.59 Å². The molecule has 3 fully saturated rings. The van der Waals surface area contributed by atoms with E-state index >= 15 is 0 Å². The second-order valence-electron chi connectivity index (χ2n) is 8.98. The highest BCUT2D eigenvalue weighted by Crippen LogP contribution is 2.34. The molecule has 2 amide bonds. The van der Waals surface area contributed by atoms with Gasteiger partial charge in [-0.05, 0) is 31.2 Å². The molecule has 3 saturated heterocycles. The summed E-state index contributed by atoms with van der Waals surface area (Å²) in [5.74, 6) is 1.47. The maximum absolute atomic E-state index is 12.7. The third-order valence-corrected chi connectivity index (χ3v) is 6.80. The van der Waals surface area contributed by atoms with Crippen LogP contribution in [-0.4, -0.2) is 78.1 Å². The van der Waals surface area contributed by atoms with Gasteiger partial charge >= 0.3 is 6.09 Å². The van der Waals surface area contributed by atoms with E-state index in [4.69, 9.17) is 4.74 Å². The average Bonchev–Trinajstić information content (AvgIpc) is 2.95. The van der Waals surface area contributed by atoms with Crippen LogP contribution in [-0.2, 0) is 9.53 Å². The Bertz CT molecular complexity index is 527. The first-order chi connectivity index (χ1) is 12.9. The van der Waals surface area contributed by atoms with Crippen molar-refractivity contribution in [2.75, 3.05) is 45.8 Å². The van der Waals surface area contributed by atoms with E-state index in [1.807, 2.05) is 9.80 Å². The lowest BCUT2D eigenvalue weighted by molar-refractivity contribution is -0.136. The van der Waals surface area contributed by atoms with Crippen LogP contribution in [0.4, 0.5) is 4.79 Å². The molecule has 154 valence electrons. The molecule has 0 unspecified atom stereocenters. The van der Waals surface area contributed by atoms with Crippen LogP contribution in [0.25, 0.3) is 0 Å². The zero-order valence-electron chi connectivity index (χ0n) is 17.4. The van der Waals surface area contributed by atoms with Gasteiger partial charge in [-0.3, -0.25) is 9.69 Å². The Kier molecular flexibility index (Phi) is 6.66. The van der Waals surface area contributed by atoms with Gasteiger partial charge in [0, 0.05) is 39.0 Å². The fourth-order valence-electron chi connectivity index (χ4n) is 4.84. The van der Waals surface area contributed by atoms with Gasteiger partial charge in [-0.15, -0.1) is 0 Å². The Morgan fingerprint density at radius 2 is 1.93 bits per heavy atom. The summed E-state index contributed by atoms with van der Waals surface area (Å²) in [4.78, 5) is 31.2. The smallest absolute Gasteiger partial charge is 0.410 e. The maximum atomic E-state index is 12.7. The molecular weight excluding hydrogens is 342 g/mol. The number of carbonyl (C=O) groups is 2. The van der Waals surface area contributed by atoms with E-state index in [2.05, 4.69) is 25.7 Å². The first-order valence-electron chi connectivity index (χ1n) is 10.9. The van der Waals surface area contributed by atoms with Gasteiger partial charge in [0.25, 0.3) is 0 Å². The van der Waals surface area contributed by atoms with Gasteiger partial charge in [-0.25, -0.2) is 4.79 Å². The van der Waals surface area contributed by atoms with Crippen LogP contribution in [0.15, 0.2) is 0 Å². The van der Waals surface area contributed by atoms with Crippen molar-refractivity contribution in [3.63, 3.8) is 0 Å². The third kappa shape index (κ3) is 4.95. The molecule has 0 aromatic heterocycles. The van der Waals surface area contributed by atoms with Crippen LogP contribution in [0.5, 0.6) is 0 Å². The van der Waals surface area contributed by atoms with E-state index in [0.29, 0.717) is 38.0 Å². The third-order valence-electron chi connectivity index (χ3n) is 6.80. The van der Waals surface area contributed by atoms with Crippen molar-refractivity contribution in [1.82, 2.24) is 14.7 Å². The average molecular weight is 380 g/mol. The Hall–Kier alpha value is -1.30. The number of likely N-dealkylation sites (tertiary alicyclic amines) is 2. The molecule has 3 rings (SSSR count). The summed E-state index contributed by atoms with van der Waals surface area (Å²) in [5.41, 5.74) is -0.375. The minimum atomic E-state index is -0.375. The molecule has 0 radical (unpaired) electrons. The summed E-state index contributed by atoms with van der Waals surface area (Å²) in [6.45, 7) is 12.1. The van der Waals surface area contributed by atoms with Gasteiger partial charge in [0.15, 0.2) is 0 Å². The van der Waals surface area contributed by atoms with E-state index in [-0.39, 0.29) is 17.6 Å². The summed E-state index contributed by atoms with van der Waals surface area (Å²) < 4.78 is 5.82. The zero-order valence-corrected chi connectivity index (χ0v) is 17.4. The number of hydrogen-bond acceptors (Lipinski definition) is 4. The summed E-state index contributed by atoms with van der Waals surface area (Å²) in [5, 5.41) is 0. The molecule has 0 saturated carbocycles. The van der Waals surface area contributed by atoms with E-state index in [0.717, 1.165) is 45.3 Å². The number of nitrogens with zero attached hydrogens (tertiary/aromatic N) is 3. The molecule has 1 spiro atoms. The predicted molar refractivity (Wildman–Crippen MR) is 106 cm³/mol. The van der Waals surface area contributed by atoms with E-state index in [1.165, 1.54) is 12.8 Å². The van der Waals surface area contributed by atoms with Crippen molar-refractivity contribution in [3.8, 4) is 0 Å². The van der Waals surface area contributed by atoms with Crippen molar-refractivity contribution >= 4 is 12.0 Å². The van der Waals surface area contributed by atoms with Crippen molar-refractivity contribution in [2.45, 2.75) is 64.9 Å². The lowest BCUT2D eigenvalue weighted by atomic mass is 9.91. The van der Waals surface area contributed by atoms with Gasteiger partial charge < -0.3 is 14.5 Å². The van der Waals surface area contributed by atoms with Gasteiger partial charge in [0.1, 0.15) is 5.60 Å². The van der Waals surface area contributed by atoms with Gasteiger partial charge in [0.2, 0.25) is 5.91 Å². The quantitative estimate of drug-likeness (QED) is 0.712. The standard InChI is InChI=1S/C21H37N3O3/c1-4-18(5-2)14-24-16-21(27-20(24)26)8-11-23(12-9-21)19(25)15-22-10-6-7-17(3)13-22/h17-18H,4-16H2,1-3H3/t17-/m1/s1. The molecule has 6 nitrogen and oxygen atoms in total. The SMILES string of the molecule is CCC(CC)CN1CC2(CCN(C(=O)CN3CCC[C@@H](C)C3)CC2)OC1=O. The molecule has 3 heterocycles. The minimum absolute atomic E-state index is 0.163. The number of piperidine rings is 2. The Morgan fingerprint density at radius 3 is 2.56 bits per heavy atom. The molecule has 0 aliphatic carbocycles. The number of amides is 2. The largest absolute Gasteiger partial charge is 0.441 e. The van der Waals surface area contributed by atoms with Crippen LogP contribution in [0, 0.1) is 11.8 Å². The van der Waals surface area contributed by atoms with Gasteiger partial charge in [-0.1, -0.05) is 33.6 Å². The number of rotatable bonds is 6. The van der Waals surface area contributed by atoms with Crippen molar-refractivity contribution in [1.29, 1.82) is 0 Å². The van der Waals surface area contributed by atoms with Crippen LogP contribution >= 0.6 is 0 Å². The summed E-state index contributed by atoms with van der Waals surface area (Å²) in [6, 6.07) is 0. The predicted octanol–water partition coefficient (Wildman–Crippen LogP) is 2.97. The van der Waals surface area contributed by atoms with Crippen LogP contribution in [0.1, 0.15) is 59.3 Å². The fourth-order valence-corrected chi connectivity index (χ4v) is 4.84. The summed E-state index contributed by atoms with van der Waals surface area (Å²) in [6.07, 6.45) is 6.01. The summed E-state index contributed by atoms with van der Waals surface area (Å²) in [7, 11) is 0. The van der Waals surface area contributed by atoms with Crippen molar-refractivity contribution in [2.24, 2.45) is 11.8 Å². The topological polar surface area (TPSA) is 53.1 Å². The monoisotopic (exact) mass is 379 g/mol. The molecule has 1 atom stereocenters. The highest BCUT2D eigenvalue weighted by molar-refractivity contribution is 5.78. The molecule has 3 aliphatic rings. The fraction of sp³-hybridized carbons (Fsp3) is 0.905. The first-order valence-corrected chi connectivity index (χ1v) is 10.9. The number of ether oxygens (including phenoxy) is 1. The van der Waals surface area contributed by atoms with Crippen molar-refractivity contribution < 1.29 is 14.3 Å². The van der Waals surface area contributed by atoms with Crippen LogP contribution < -0.4 is 0 Å². The zero-order chi connectivity index (χ0) is 19.4. The van der Waals surface area contributed by atoms with Crippen LogP contribution in [0.2, 0.25) is 0 Å².